The maximum Gasteiger partial charge on any atom is 0.381 e. The van der Waals surface area contributed by atoms with Crippen molar-refractivity contribution in [3.63, 3.8) is 0 Å². The van der Waals surface area contributed by atoms with Gasteiger partial charge in [-0.2, -0.15) is 0 Å². The lowest BCUT2D eigenvalue weighted by Crippen LogP contribution is -2.52. The zero-order valence-electron chi connectivity index (χ0n) is 10.1. The minimum atomic E-state index is -1.71. The Morgan fingerprint density at radius 2 is 2.21 bits per heavy atom. The molecule has 2 aliphatic rings. The van der Waals surface area contributed by atoms with Crippen LogP contribution in [0.25, 0.3) is 0 Å². The summed E-state index contributed by atoms with van der Waals surface area (Å²) < 4.78 is 15.6. The molecular formula is C13H11NO5. The third-order valence-electron chi connectivity index (χ3n) is 2.83. The Morgan fingerprint density at radius 1 is 1.42 bits per heavy atom. The minimum absolute atomic E-state index is 0.0923. The summed E-state index contributed by atoms with van der Waals surface area (Å²) in [6.45, 7) is 1.85. The number of esters is 2. The molecule has 2 aliphatic heterocycles. The van der Waals surface area contributed by atoms with Crippen LogP contribution in [0.2, 0.25) is 0 Å². The fraction of sp³-hybridized carbons (Fsp3) is 0.231. The van der Waals surface area contributed by atoms with E-state index in [9.17, 15) is 9.59 Å². The molecule has 0 bridgehead atoms. The normalized spacial score (nSPS) is 23.2. The Hall–Kier alpha value is -2.50. The van der Waals surface area contributed by atoms with E-state index < -0.39 is 17.7 Å². The number of hydrogen-bond acceptors (Lipinski definition) is 6. The van der Waals surface area contributed by atoms with Crippen molar-refractivity contribution in [2.45, 2.75) is 12.6 Å². The van der Waals surface area contributed by atoms with Gasteiger partial charge in [0.05, 0.1) is 18.4 Å². The molecule has 0 saturated carbocycles. The summed E-state index contributed by atoms with van der Waals surface area (Å²) in [4.78, 5) is 23.5. The van der Waals surface area contributed by atoms with Gasteiger partial charge in [0.25, 0.3) is 0 Å². The smallest absolute Gasteiger partial charge is 0.381 e. The molecule has 0 spiro atoms. The summed E-state index contributed by atoms with van der Waals surface area (Å²) in [6.07, 6.45) is 1.14. The minimum Gasteiger partial charge on any atom is -0.461 e. The van der Waals surface area contributed by atoms with Gasteiger partial charge in [-0.05, 0) is 19.1 Å². The van der Waals surface area contributed by atoms with E-state index in [1.807, 2.05) is 0 Å². The number of hydrogen-bond donors (Lipinski definition) is 1. The molecule has 19 heavy (non-hydrogen) atoms. The van der Waals surface area contributed by atoms with Crippen molar-refractivity contribution in [2.24, 2.45) is 0 Å². The summed E-state index contributed by atoms with van der Waals surface area (Å²) >= 11 is 0. The van der Waals surface area contributed by atoms with Gasteiger partial charge in [0, 0.05) is 0 Å². The zero-order valence-corrected chi connectivity index (χ0v) is 10.1. The van der Waals surface area contributed by atoms with Crippen LogP contribution in [0.1, 0.15) is 6.92 Å². The number of carbonyl (C=O) groups is 2. The molecule has 98 valence electrons. The molecule has 0 aliphatic carbocycles. The van der Waals surface area contributed by atoms with E-state index in [2.05, 4.69) is 5.32 Å². The molecule has 6 heteroatoms. The fourth-order valence-electron chi connectivity index (χ4n) is 2.02. The van der Waals surface area contributed by atoms with E-state index in [1.54, 1.807) is 31.2 Å². The van der Waals surface area contributed by atoms with Crippen LogP contribution in [0, 0.1) is 0 Å². The van der Waals surface area contributed by atoms with E-state index in [-0.39, 0.29) is 12.4 Å². The Bertz CT molecular complexity index is 594. The first kappa shape index (κ1) is 11.6. The van der Waals surface area contributed by atoms with Crippen LogP contribution in [0.3, 0.4) is 0 Å². The Labute approximate surface area is 108 Å². The lowest BCUT2D eigenvalue weighted by molar-refractivity contribution is -0.171. The van der Waals surface area contributed by atoms with Crippen LogP contribution in [0.15, 0.2) is 36.1 Å². The van der Waals surface area contributed by atoms with Crippen LogP contribution in [-0.4, -0.2) is 24.3 Å². The maximum atomic E-state index is 12.1. The Kier molecular flexibility index (Phi) is 2.45. The van der Waals surface area contributed by atoms with E-state index in [1.165, 1.54) is 0 Å². The van der Waals surface area contributed by atoms with Crippen LogP contribution in [0.5, 0.6) is 5.75 Å². The third kappa shape index (κ3) is 1.64. The first-order chi connectivity index (χ1) is 9.15. The van der Waals surface area contributed by atoms with Gasteiger partial charge in [-0.25, -0.2) is 9.59 Å². The van der Waals surface area contributed by atoms with Crippen LogP contribution in [0.4, 0.5) is 5.69 Å². The second-order valence-electron chi connectivity index (χ2n) is 4.05. The second-order valence-corrected chi connectivity index (χ2v) is 4.05. The van der Waals surface area contributed by atoms with Gasteiger partial charge in [0.15, 0.2) is 11.5 Å². The lowest BCUT2D eigenvalue weighted by atomic mass is 10.1. The van der Waals surface area contributed by atoms with Gasteiger partial charge < -0.3 is 19.5 Å². The zero-order chi connectivity index (χ0) is 13.5. The number of nitrogens with one attached hydrogen (secondary N) is 1. The van der Waals surface area contributed by atoms with Crippen LogP contribution in [-0.2, 0) is 19.1 Å². The molecular weight excluding hydrogens is 250 g/mol. The maximum absolute atomic E-state index is 12.1. The summed E-state index contributed by atoms with van der Waals surface area (Å²) in [7, 11) is 0. The highest BCUT2D eigenvalue weighted by atomic mass is 16.6. The van der Waals surface area contributed by atoms with E-state index in [0.717, 1.165) is 6.08 Å². The van der Waals surface area contributed by atoms with E-state index in [4.69, 9.17) is 14.2 Å². The highest BCUT2D eigenvalue weighted by molar-refractivity contribution is 5.98. The molecule has 1 aromatic carbocycles. The molecule has 3 rings (SSSR count). The van der Waals surface area contributed by atoms with Gasteiger partial charge in [0.2, 0.25) is 0 Å². The molecule has 0 fully saturated rings. The molecule has 1 atom stereocenters. The molecule has 1 aromatic rings. The van der Waals surface area contributed by atoms with Crippen molar-refractivity contribution >= 4 is 17.6 Å². The number of anilines is 1. The van der Waals surface area contributed by atoms with Crippen molar-refractivity contribution in [1.82, 2.24) is 0 Å². The SMILES string of the molecule is CCOC(=O)C12Nc3ccccc3OC1=CC(=O)O2. The van der Waals surface area contributed by atoms with Gasteiger partial charge in [-0.15, -0.1) is 0 Å². The van der Waals surface area contributed by atoms with Gasteiger partial charge >= 0.3 is 17.7 Å². The standard InChI is InChI=1S/C13H11NO5/c1-2-17-12(16)13-10(7-11(15)19-13)18-9-6-4-3-5-8(9)14-13/h3-7,14H,2H2,1H3. The molecule has 1 unspecified atom stereocenters. The average molecular weight is 261 g/mol. The number of fused-ring (bicyclic) bond motifs is 2. The third-order valence-corrected chi connectivity index (χ3v) is 2.83. The van der Waals surface area contributed by atoms with Crippen LogP contribution < -0.4 is 10.1 Å². The fourth-order valence-corrected chi connectivity index (χ4v) is 2.02. The highest BCUT2D eigenvalue weighted by Crippen LogP contribution is 2.41. The van der Waals surface area contributed by atoms with Crippen molar-refractivity contribution in [3.8, 4) is 5.75 Å². The number of rotatable bonds is 2. The second kappa shape index (κ2) is 4.01. The molecule has 1 N–H and O–H groups in total. The number of benzene rings is 1. The topological polar surface area (TPSA) is 73.9 Å². The first-order valence-electron chi connectivity index (χ1n) is 5.83. The first-order valence-corrected chi connectivity index (χ1v) is 5.83. The van der Waals surface area contributed by atoms with E-state index >= 15 is 0 Å². The number of para-hydroxylation sites is 2. The molecule has 0 aromatic heterocycles. The summed E-state index contributed by atoms with van der Waals surface area (Å²) in [5.74, 6) is -0.744. The highest BCUT2D eigenvalue weighted by Gasteiger charge is 2.56. The van der Waals surface area contributed by atoms with Crippen molar-refractivity contribution in [1.29, 1.82) is 0 Å². The number of carbonyl (C=O) groups excluding carboxylic acids is 2. The molecule has 2 heterocycles. The molecule has 0 amide bonds. The molecule has 0 saturated heterocycles. The largest absolute Gasteiger partial charge is 0.461 e. The number of ether oxygens (including phenoxy) is 3. The molecule has 6 nitrogen and oxygen atoms in total. The van der Waals surface area contributed by atoms with Crippen molar-refractivity contribution < 1.29 is 23.8 Å². The molecule has 0 radical (unpaired) electrons. The monoisotopic (exact) mass is 261 g/mol. The predicted octanol–water partition coefficient (Wildman–Crippen LogP) is 1.19. The van der Waals surface area contributed by atoms with E-state index in [0.29, 0.717) is 11.4 Å². The Morgan fingerprint density at radius 3 is 3.00 bits per heavy atom. The quantitative estimate of drug-likeness (QED) is 0.806. The summed E-state index contributed by atoms with van der Waals surface area (Å²) in [5.41, 5.74) is -1.15. The predicted molar refractivity (Wildman–Crippen MR) is 64.2 cm³/mol. The average Bonchev–Trinajstić information content (AvgIpc) is 2.72. The van der Waals surface area contributed by atoms with Gasteiger partial charge in [-0.3, -0.25) is 0 Å². The van der Waals surface area contributed by atoms with Crippen molar-refractivity contribution in [2.75, 3.05) is 11.9 Å². The van der Waals surface area contributed by atoms with Gasteiger partial charge in [0.1, 0.15) is 0 Å². The Balaban J connectivity index is 2.05. The summed E-state index contributed by atoms with van der Waals surface area (Å²) in [5, 5.41) is 2.88. The lowest BCUT2D eigenvalue weighted by Gasteiger charge is -2.34. The van der Waals surface area contributed by atoms with Crippen LogP contribution >= 0.6 is 0 Å². The summed E-state index contributed by atoms with van der Waals surface area (Å²) in [6, 6.07) is 7.01. The van der Waals surface area contributed by atoms with Crippen molar-refractivity contribution in [3.05, 3.63) is 36.1 Å². The van der Waals surface area contributed by atoms with Gasteiger partial charge in [-0.1, -0.05) is 12.1 Å².